The van der Waals surface area contributed by atoms with Crippen LogP contribution in [0.3, 0.4) is 0 Å². The SMILES string of the molecule is CSCCC(NC(=O)CCN(C)C)C(=O)O. The Morgan fingerprint density at radius 1 is 1.44 bits per heavy atom. The Balaban J connectivity index is 3.98. The summed E-state index contributed by atoms with van der Waals surface area (Å²) >= 11 is 1.57. The highest BCUT2D eigenvalue weighted by Gasteiger charge is 2.18. The van der Waals surface area contributed by atoms with E-state index in [-0.39, 0.29) is 5.91 Å². The van der Waals surface area contributed by atoms with Crippen LogP contribution in [0, 0.1) is 0 Å². The molecule has 1 atom stereocenters. The molecule has 0 aromatic carbocycles. The van der Waals surface area contributed by atoms with Crippen LogP contribution in [0.5, 0.6) is 0 Å². The molecule has 0 radical (unpaired) electrons. The van der Waals surface area contributed by atoms with Crippen LogP contribution in [-0.4, -0.2) is 60.6 Å². The molecule has 0 saturated heterocycles. The zero-order valence-corrected chi connectivity index (χ0v) is 10.8. The van der Waals surface area contributed by atoms with Crippen LogP contribution in [0.15, 0.2) is 0 Å². The van der Waals surface area contributed by atoms with Crippen LogP contribution in [0.1, 0.15) is 12.8 Å². The van der Waals surface area contributed by atoms with Crippen molar-refractivity contribution in [3.05, 3.63) is 0 Å². The smallest absolute Gasteiger partial charge is 0.326 e. The predicted molar refractivity (Wildman–Crippen MR) is 65.7 cm³/mol. The molecule has 1 unspecified atom stereocenters. The largest absolute Gasteiger partial charge is 0.480 e. The van der Waals surface area contributed by atoms with E-state index in [9.17, 15) is 9.59 Å². The molecule has 0 heterocycles. The molecule has 94 valence electrons. The van der Waals surface area contributed by atoms with Crippen molar-refractivity contribution >= 4 is 23.6 Å². The van der Waals surface area contributed by atoms with Crippen LogP contribution >= 0.6 is 11.8 Å². The fourth-order valence-corrected chi connectivity index (χ4v) is 1.56. The quantitative estimate of drug-likeness (QED) is 0.645. The number of nitrogens with zero attached hydrogens (tertiary/aromatic N) is 1. The Kier molecular flexibility index (Phi) is 8.01. The standard InChI is InChI=1S/C10H20N2O3S/c1-12(2)6-4-9(13)11-8(10(14)15)5-7-16-3/h8H,4-7H2,1-3H3,(H,11,13)(H,14,15). The van der Waals surface area contributed by atoms with E-state index in [2.05, 4.69) is 5.32 Å². The molecule has 0 bridgehead atoms. The van der Waals surface area contributed by atoms with Crippen molar-refractivity contribution < 1.29 is 14.7 Å². The summed E-state index contributed by atoms with van der Waals surface area (Å²) in [6, 6.07) is -0.762. The third-order valence-corrected chi connectivity index (χ3v) is 2.67. The number of carboxylic acids is 1. The zero-order valence-electron chi connectivity index (χ0n) is 10.0. The van der Waals surface area contributed by atoms with Gasteiger partial charge in [0.25, 0.3) is 0 Å². The maximum absolute atomic E-state index is 11.4. The maximum Gasteiger partial charge on any atom is 0.326 e. The van der Waals surface area contributed by atoms with E-state index in [1.165, 1.54) is 0 Å². The molecule has 0 aliphatic carbocycles. The van der Waals surface area contributed by atoms with Crippen molar-refractivity contribution in [1.29, 1.82) is 0 Å². The predicted octanol–water partition coefficient (Wildman–Crippen LogP) is 0.261. The number of carbonyl (C=O) groups excluding carboxylic acids is 1. The molecule has 5 nitrogen and oxygen atoms in total. The summed E-state index contributed by atoms with van der Waals surface area (Å²) < 4.78 is 0. The van der Waals surface area contributed by atoms with Gasteiger partial charge in [-0.25, -0.2) is 4.79 Å². The summed E-state index contributed by atoms with van der Waals surface area (Å²) in [5.41, 5.74) is 0. The molecule has 0 aromatic heterocycles. The first kappa shape index (κ1) is 15.2. The first-order valence-corrected chi connectivity index (χ1v) is 6.52. The lowest BCUT2D eigenvalue weighted by Gasteiger charge is -2.15. The zero-order chi connectivity index (χ0) is 12.6. The van der Waals surface area contributed by atoms with E-state index in [4.69, 9.17) is 5.11 Å². The molecule has 0 fully saturated rings. The van der Waals surface area contributed by atoms with Crippen molar-refractivity contribution in [2.24, 2.45) is 0 Å². The third-order valence-electron chi connectivity index (χ3n) is 2.03. The van der Waals surface area contributed by atoms with E-state index in [0.717, 1.165) is 5.75 Å². The molecule has 0 saturated carbocycles. The Morgan fingerprint density at radius 2 is 2.06 bits per heavy atom. The van der Waals surface area contributed by atoms with Gasteiger partial charge >= 0.3 is 5.97 Å². The van der Waals surface area contributed by atoms with E-state index in [1.807, 2.05) is 25.3 Å². The number of aliphatic carboxylic acids is 1. The monoisotopic (exact) mass is 248 g/mol. The van der Waals surface area contributed by atoms with Gasteiger partial charge in [-0.05, 0) is 32.5 Å². The van der Waals surface area contributed by atoms with Crippen LogP contribution in [0.2, 0.25) is 0 Å². The number of amides is 1. The summed E-state index contributed by atoms with van der Waals surface area (Å²) in [5.74, 6) is -0.445. The molecule has 0 rings (SSSR count). The van der Waals surface area contributed by atoms with Gasteiger partial charge in [0.05, 0.1) is 0 Å². The molecule has 6 heteroatoms. The molecule has 0 aliphatic rings. The number of rotatable bonds is 8. The van der Waals surface area contributed by atoms with Gasteiger partial charge in [-0.2, -0.15) is 11.8 Å². The van der Waals surface area contributed by atoms with Crippen LogP contribution in [0.25, 0.3) is 0 Å². The molecular formula is C10H20N2O3S. The fraction of sp³-hybridized carbons (Fsp3) is 0.800. The molecule has 0 aromatic rings. The average molecular weight is 248 g/mol. The van der Waals surface area contributed by atoms with E-state index in [0.29, 0.717) is 19.4 Å². The second kappa shape index (κ2) is 8.41. The van der Waals surface area contributed by atoms with E-state index >= 15 is 0 Å². The maximum atomic E-state index is 11.4. The van der Waals surface area contributed by atoms with Gasteiger partial charge in [-0.1, -0.05) is 0 Å². The summed E-state index contributed by atoms with van der Waals surface area (Å²) in [6.07, 6.45) is 2.70. The number of hydrogen-bond donors (Lipinski definition) is 2. The first-order chi connectivity index (χ1) is 7.47. The van der Waals surface area contributed by atoms with Crippen molar-refractivity contribution in [3.63, 3.8) is 0 Å². The molecule has 0 aliphatic heterocycles. The van der Waals surface area contributed by atoms with Gasteiger partial charge < -0.3 is 15.3 Å². The number of thioether (sulfide) groups is 1. The average Bonchev–Trinajstić information content (AvgIpc) is 2.20. The fourth-order valence-electron chi connectivity index (χ4n) is 1.08. The normalized spacial score (nSPS) is 12.5. The van der Waals surface area contributed by atoms with Gasteiger partial charge in [-0.15, -0.1) is 0 Å². The first-order valence-electron chi connectivity index (χ1n) is 5.13. The van der Waals surface area contributed by atoms with Crippen LogP contribution in [-0.2, 0) is 9.59 Å². The third kappa shape index (κ3) is 7.53. The number of hydrogen-bond acceptors (Lipinski definition) is 4. The molecular weight excluding hydrogens is 228 g/mol. The van der Waals surface area contributed by atoms with Crippen LogP contribution in [0.4, 0.5) is 0 Å². The molecule has 2 N–H and O–H groups in total. The highest BCUT2D eigenvalue weighted by atomic mass is 32.2. The Morgan fingerprint density at radius 3 is 2.50 bits per heavy atom. The Labute approximate surface area is 101 Å². The van der Waals surface area contributed by atoms with Gasteiger partial charge in [0.15, 0.2) is 0 Å². The minimum absolute atomic E-state index is 0.206. The van der Waals surface area contributed by atoms with Crippen LogP contribution < -0.4 is 5.32 Å². The lowest BCUT2D eigenvalue weighted by atomic mass is 10.2. The van der Waals surface area contributed by atoms with Crippen molar-refractivity contribution in [1.82, 2.24) is 10.2 Å². The Bertz CT molecular complexity index is 234. The van der Waals surface area contributed by atoms with Gasteiger partial charge in [0.2, 0.25) is 5.91 Å². The number of carbonyl (C=O) groups is 2. The minimum atomic E-state index is -0.966. The summed E-state index contributed by atoms with van der Waals surface area (Å²) in [6.45, 7) is 0.626. The highest BCUT2D eigenvalue weighted by molar-refractivity contribution is 7.98. The second-order valence-electron chi connectivity index (χ2n) is 3.79. The minimum Gasteiger partial charge on any atom is -0.480 e. The van der Waals surface area contributed by atoms with Crippen molar-refractivity contribution in [2.75, 3.05) is 32.6 Å². The highest BCUT2D eigenvalue weighted by Crippen LogP contribution is 2.01. The number of carboxylic acid groups (broad SMARTS) is 1. The Hall–Kier alpha value is -0.750. The van der Waals surface area contributed by atoms with Crippen molar-refractivity contribution in [2.45, 2.75) is 18.9 Å². The van der Waals surface area contributed by atoms with E-state index in [1.54, 1.807) is 11.8 Å². The molecule has 0 spiro atoms. The van der Waals surface area contributed by atoms with Gasteiger partial charge in [-0.3, -0.25) is 4.79 Å². The summed E-state index contributed by atoms with van der Waals surface area (Å²) in [5, 5.41) is 11.4. The summed E-state index contributed by atoms with van der Waals surface area (Å²) in [7, 11) is 3.74. The molecule has 16 heavy (non-hydrogen) atoms. The lowest BCUT2D eigenvalue weighted by Crippen LogP contribution is -2.41. The number of nitrogens with one attached hydrogen (secondary N) is 1. The second-order valence-corrected chi connectivity index (χ2v) is 4.78. The van der Waals surface area contributed by atoms with Gasteiger partial charge in [0.1, 0.15) is 6.04 Å². The lowest BCUT2D eigenvalue weighted by molar-refractivity contribution is -0.141. The van der Waals surface area contributed by atoms with Crippen molar-refractivity contribution in [3.8, 4) is 0 Å². The molecule has 1 amide bonds. The summed E-state index contributed by atoms with van der Waals surface area (Å²) in [4.78, 5) is 24.1. The topological polar surface area (TPSA) is 69.6 Å². The van der Waals surface area contributed by atoms with E-state index < -0.39 is 12.0 Å². The van der Waals surface area contributed by atoms with Gasteiger partial charge in [0, 0.05) is 13.0 Å².